The highest BCUT2D eigenvalue weighted by molar-refractivity contribution is 7.89. The van der Waals surface area contributed by atoms with E-state index in [-0.39, 0.29) is 23.3 Å². The van der Waals surface area contributed by atoms with Gasteiger partial charge < -0.3 is 9.26 Å². The second kappa shape index (κ2) is 6.60. The smallest absolute Gasteiger partial charge is 0.246 e. The summed E-state index contributed by atoms with van der Waals surface area (Å²) in [5, 5.41) is 3.68. The van der Waals surface area contributed by atoms with Gasteiger partial charge in [-0.1, -0.05) is 29.4 Å². The molecule has 1 aromatic heterocycles. The van der Waals surface area contributed by atoms with Crippen molar-refractivity contribution in [3.05, 3.63) is 46.8 Å². The van der Waals surface area contributed by atoms with Crippen LogP contribution >= 0.6 is 0 Å². The van der Waals surface area contributed by atoms with Crippen molar-refractivity contribution in [2.45, 2.75) is 31.8 Å². The number of sulfonamides is 1. The van der Waals surface area contributed by atoms with Gasteiger partial charge in [0.25, 0.3) is 0 Å². The summed E-state index contributed by atoms with van der Waals surface area (Å²) < 4.78 is 37.7. The number of nitrogens with one attached hydrogen (secondary N) is 1. The number of aromatic nitrogens is 1. The molecule has 120 valence electrons. The lowest BCUT2D eigenvalue weighted by Crippen LogP contribution is -2.30. The summed E-state index contributed by atoms with van der Waals surface area (Å²) in [6.07, 6.45) is -0.364. The first-order valence-corrected chi connectivity index (χ1v) is 8.36. The average Bonchev–Trinajstić information content (AvgIpc) is 2.81. The van der Waals surface area contributed by atoms with Crippen LogP contribution in [0.25, 0.3) is 0 Å². The van der Waals surface area contributed by atoms with Crippen molar-refractivity contribution >= 4 is 10.0 Å². The van der Waals surface area contributed by atoms with E-state index in [2.05, 4.69) is 9.88 Å². The van der Waals surface area contributed by atoms with Crippen LogP contribution in [-0.2, 0) is 14.8 Å². The standard InChI is InChI=1S/C15H20N2O4S/c1-10-7-5-6-8-13(10)14(20-4)9-16-22(18,19)15-11(2)17-21-12(15)3/h5-8,14,16H,9H2,1-4H3/t14-/m1/s1. The minimum absolute atomic E-state index is 0.0899. The molecule has 0 unspecified atom stereocenters. The maximum Gasteiger partial charge on any atom is 0.246 e. The van der Waals surface area contributed by atoms with Gasteiger partial charge in [0.2, 0.25) is 10.0 Å². The third-order valence-corrected chi connectivity index (χ3v) is 5.18. The number of ether oxygens (including phenoxy) is 1. The maximum atomic E-state index is 12.4. The molecule has 22 heavy (non-hydrogen) atoms. The van der Waals surface area contributed by atoms with Gasteiger partial charge in [-0.05, 0) is 31.9 Å². The molecule has 0 aliphatic carbocycles. The molecule has 0 amide bonds. The Morgan fingerprint density at radius 2 is 1.95 bits per heavy atom. The topological polar surface area (TPSA) is 81.4 Å². The second-order valence-electron chi connectivity index (χ2n) is 5.09. The molecule has 2 rings (SSSR count). The molecule has 0 aliphatic rings. The van der Waals surface area contributed by atoms with Crippen molar-refractivity contribution in [2.24, 2.45) is 0 Å². The molecule has 0 fully saturated rings. The van der Waals surface area contributed by atoms with E-state index in [0.29, 0.717) is 5.69 Å². The number of benzene rings is 1. The molecule has 0 radical (unpaired) electrons. The van der Waals surface area contributed by atoms with Gasteiger partial charge in [0.15, 0.2) is 5.76 Å². The number of aryl methyl sites for hydroxylation is 3. The van der Waals surface area contributed by atoms with Gasteiger partial charge >= 0.3 is 0 Å². The summed E-state index contributed by atoms with van der Waals surface area (Å²) in [6, 6.07) is 7.72. The fourth-order valence-corrected chi connectivity index (χ4v) is 3.74. The van der Waals surface area contributed by atoms with Gasteiger partial charge in [0.05, 0.1) is 6.10 Å². The molecule has 2 aromatic rings. The maximum absolute atomic E-state index is 12.4. The van der Waals surface area contributed by atoms with Crippen molar-refractivity contribution < 1.29 is 17.7 Å². The van der Waals surface area contributed by atoms with Crippen molar-refractivity contribution in [3.63, 3.8) is 0 Å². The molecule has 0 bridgehead atoms. The van der Waals surface area contributed by atoms with Crippen LogP contribution in [0, 0.1) is 20.8 Å². The quantitative estimate of drug-likeness (QED) is 0.881. The van der Waals surface area contributed by atoms with Crippen molar-refractivity contribution in [1.29, 1.82) is 0 Å². The van der Waals surface area contributed by atoms with Crippen LogP contribution < -0.4 is 4.72 Å². The molecule has 1 N–H and O–H groups in total. The Bertz CT molecular complexity index is 733. The Balaban J connectivity index is 2.19. The predicted octanol–water partition coefficient (Wildman–Crippen LogP) is 2.27. The van der Waals surface area contributed by atoms with Gasteiger partial charge in [0.1, 0.15) is 10.6 Å². The fourth-order valence-electron chi connectivity index (χ4n) is 2.38. The molecule has 0 saturated carbocycles. The van der Waals surface area contributed by atoms with E-state index in [1.807, 2.05) is 31.2 Å². The van der Waals surface area contributed by atoms with Crippen LogP contribution in [0.2, 0.25) is 0 Å². The number of hydrogen-bond donors (Lipinski definition) is 1. The van der Waals surface area contributed by atoms with Gasteiger partial charge in [0, 0.05) is 13.7 Å². The van der Waals surface area contributed by atoms with Gasteiger partial charge in [-0.25, -0.2) is 13.1 Å². The van der Waals surface area contributed by atoms with Crippen LogP contribution in [0.3, 0.4) is 0 Å². The van der Waals surface area contributed by atoms with Crippen LogP contribution in [0.4, 0.5) is 0 Å². The number of nitrogens with zero attached hydrogens (tertiary/aromatic N) is 1. The summed E-state index contributed by atoms with van der Waals surface area (Å²) >= 11 is 0. The lowest BCUT2D eigenvalue weighted by atomic mass is 10.0. The molecule has 1 atom stereocenters. The Labute approximate surface area is 130 Å². The van der Waals surface area contributed by atoms with E-state index in [9.17, 15) is 8.42 Å². The van der Waals surface area contributed by atoms with E-state index in [1.54, 1.807) is 21.0 Å². The summed E-state index contributed by atoms with van der Waals surface area (Å²) in [4.78, 5) is 0.0899. The van der Waals surface area contributed by atoms with Crippen molar-refractivity contribution in [2.75, 3.05) is 13.7 Å². The molecule has 0 aliphatic heterocycles. The molecular weight excluding hydrogens is 304 g/mol. The first-order valence-electron chi connectivity index (χ1n) is 6.87. The molecule has 1 aromatic carbocycles. The third kappa shape index (κ3) is 3.37. The first kappa shape index (κ1) is 16.7. The molecule has 0 saturated heterocycles. The summed E-state index contributed by atoms with van der Waals surface area (Å²) in [5.41, 5.74) is 2.34. The minimum atomic E-state index is -3.69. The number of rotatable bonds is 6. The Morgan fingerprint density at radius 1 is 1.27 bits per heavy atom. The van der Waals surface area contributed by atoms with Crippen LogP contribution in [0.1, 0.15) is 28.7 Å². The normalized spacial score (nSPS) is 13.3. The van der Waals surface area contributed by atoms with Crippen LogP contribution in [-0.4, -0.2) is 27.2 Å². The zero-order chi connectivity index (χ0) is 16.3. The molecule has 1 heterocycles. The SMILES string of the molecule is CO[C@H](CNS(=O)(=O)c1c(C)noc1C)c1ccccc1C. The Hall–Kier alpha value is -1.70. The Morgan fingerprint density at radius 3 is 2.50 bits per heavy atom. The highest BCUT2D eigenvalue weighted by Crippen LogP contribution is 2.22. The van der Waals surface area contributed by atoms with E-state index < -0.39 is 10.0 Å². The van der Waals surface area contributed by atoms with E-state index in [4.69, 9.17) is 9.26 Å². The largest absolute Gasteiger partial charge is 0.375 e. The van der Waals surface area contributed by atoms with Crippen molar-refractivity contribution in [1.82, 2.24) is 9.88 Å². The third-order valence-electron chi connectivity index (χ3n) is 3.52. The number of hydrogen-bond acceptors (Lipinski definition) is 5. The average molecular weight is 324 g/mol. The molecule has 6 nitrogen and oxygen atoms in total. The fraction of sp³-hybridized carbons (Fsp3) is 0.400. The second-order valence-corrected chi connectivity index (χ2v) is 6.79. The highest BCUT2D eigenvalue weighted by Gasteiger charge is 2.25. The lowest BCUT2D eigenvalue weighted by Gasteiger charge is -2.18. The molecular formula is C15H20N2O4S. The summed E-state index contributed by atoms with van der Waals surface area (Å²) in [6.45, 7) is 5.27. The van der Waals surface area contributed by atoms with Crippen molar-refractivity contribution in [3.8, 4) is 0 Å². The van der Waals surface area contributed by atoms with Gasteiger partial charge in [-0.15, -0.1) is 0 Å². The monoisotopic (exact) mass is 324 g/mol. The van der Waals surface area contributed by atoms with Gasteiger partial charge in [-0.2, -0.15) is 0 Å². The van der Waals surface area contributed by atoms with Crippen LogP contribution in [0.15, 0.2) is 33.7 Å². The van der Waals surface area contributed by atoms with Crippen LogP contribution in [0.5, 0.6) is 0 Å². The lowest BCUT2D eigenvalue weighted by molar-refractivity contribution is 0.107. The van der Waals surface area contributed by atoms with Gasteiger partial charge in [-0.3, -0.25) is 0 Å². The zero-order valence-electron chi connectivity index (χ0n) is 13.1. The Kier molecular flexibility index (Phi) is 5.00. The first-order chi connectivity index (χ1) is 10.4. The van der Waals surface area contributed by atoms with E-state index >= 15 is 0 Å². The molecule has 7 heteroatoms. The molecule has 0 spiro atoms. The summed E-state index contributed by atoms with van der Waals surface area (Å²) in [7, 11) is -2.13. The summed E-state index contributed by atoms with van der Waals surface area (Å²) in [5.74, 6) is 0.273. The number of methoxy groups -OCH3 is 1. The predicted molar refractivity (Wildman–Crippen MR) is 82.1 cm³/mol. The van der Waals surface area contributed by atoms with E-state index in [0.717, 1.165) is 11.1 Å². The highest BCUT2D eigenvalue weighted by atomic mass is 32.2. The minimum Gasteiger partial charge on any atom is -0.375 e. The van der Waals surface area contributed by atoms with E-state index in [1.165, 1.54) is 0 Å². The zero-order valence-corrected chi connectivity index (χ0v) is 13.9.